The summed E-state index contributed by atoms with van der Waals surface area (Å²) >= 11 is 0. The normalized spacial score (nSPS) is 15.8. The topological polar surface area (TPSA) is 55.8 Å². The van der Waals surface area contributed by atoms with Gasteiger partial charge in [0.05, 0.1) is 14.2 Å². The number of nitrogens with zero attached hydrogens (tertiary/aromatic N) is 1. The first-order valence-corrected chi connectivity index (χ1v) is 5.74. The van der Waals surface area contributed by atoms with Crippen LogP contribution in [0.3, 0.4) is 0 Å². The molecule has 96 valence electrons. The second-order valence-corrected chi connectivity index (χ2v) is 4.02. The number of ketones is 1. The number of methoxy groups -OCH3 is 2. The Labute approximate surface area is 105 Å². The minimum absolute atomic E-state index is 0.336. The molecule has 0 radical (unpaired) electrons. The molecule has 0 bridgehead atoms. The molecule has 1 aliphatic heterocycles. The van der Waals surface area contributed by atoms with Gasteiger partial charge in [0.15, 0.2) is 11.5 Å². The molecule has 0 aromatic heterocycles. The van der Waals surface area contributed by atoms with Gasteiger partial charge in [0, 0.05) is 24.7 Å². The number of carbonyl (C=O) groups is 2. The standard InChI is InChI=1S/C13H15NO4/c1-17-11-6-5-9(8-12(11)18-2)14-7-3-4-10(15)13(14)16/h5-6,8H,3-4,7H2,1-2H3. The van der Waals surface area contributed by atoms with E-state index in [0.29, 0.717) is 36.6 Å². The number of Topliss-reactive ketones (excluding diaryl/α,β-unsaturated/α-hetero) is 1. The Bertz CT molecular complexity index is 484. The summed E-state index contributed by atoms with van der Waals surface area (Å²) in [6, 6.07) is 5.17. The van der Waals surface area contributed by atoms with Gasteiger partial charge in [-0.1, -0.05) is 0 Å². The van der Waals surface area contributed by atoms with Gasteiger partial charge in [0.2, 0.25) is 5.78 Å². The smallest absolute Gasteiger partial charge is 0.294 e. The molecule has 1 heterocycles. The quantitative estimate of drug-likeness (QED) is 0.760. The van der Waals surface area contributed by atoms with Crippen molar-refractivity contribution in [1.29, 1.82) is 0 Å². The summed E-state index contributed by atoms with van der Waals surface area (Å²) in [5, 5.41) is 0. The van der Waals surface area contributed by atoms with Gasteiger partial charge in [-0.25, -0.2) is 0 Å². The van der Waals surface area contributed by atoms with Gasteiger partial charge in [-0.3, -0.25) is 9.59 Å². The van der Waals surface area contributed by atoms with E-state index in [2.05, 4.69) is 0 Å². The first kappa shape index (κ1) is 12.4. The van der Waals surface area contributed by atoms with Crippen molar-refractivity contribution in [3.8, 4) is 11.5 Å². The first-order chi connectivity index (χ1) is 8.67. The summed E-state index contributed by atoms with van der Waals surface area (Å²) in [5.74, 6) is 0.349. The van der Waals surface area contributed by atoms with Crippen LogP contribution in [0.1, 0.15) is 12.8 Å². The van der Waals surface area contributed by atoms with Crippen LogP contribution < -0.4 is 14.4 Å². The van der Waals surface area contributed by atoms with Crippen molar-refractivity contribution in [1.82, 2.24) is 0 Å². The van der Waals surface area contributed by atoms with Crippen molar-refractivity contribution < 1.29 is 19.1 Å². The van der Waals surface area contributed by atoms with E-state index >= 15 is 0 Å². The molecule has 1 aliphatic rings. The van der Waals surface area contributed by atoms with Crippen LogP contribution in [0.4, 0.5) is 5.69 Å². The maximum Gasteiger partial charge on any atom is 0.294 e. The largest absolute Gasteiger partial charge is 0.493 e. The Kier molecular flexibility index (Phi) is 3.50. The number of anilines is 1. The number of ether oxygens (including phenoxy) is 2. The number of piperidine rings is 1. The van der Waals surface area contributed by atoms with E-state index in [1.54, 1.807) is 25.3 Å². The predicted molar refractivity (Wildman–Crippen MR) is 66.1 cm³/mol. The van der Waals surface area contributed by atoms with E-state index in [1.807, 2.05) is 0 Å². The molecule has 0 spiro atoms. The highest BCUT2D eigenvalue weighted by Crippen LogP contribution is 2.32. The molecule has 1 aromatic rings. The molecule has 1 fully saturated rings. The number of hydrogen-bond donors (Lipinski definition) is 0. The molecular formula is C13H15NO4. The minimum Gasteiger partial charge on any atom is -0.493 e. The fourth-order valence-corrected chi connectivity index (χ4v) is 2.00. The maximum atomic E-state index is 11.8. The van der Waals surface area contributed by atoms with Crippen molar-refractivity contribution in [2.75, 3.05) is 25.7 Å². The Morgan fingerprint density at radius 3 is 2.50 bits per heavy atom. The third-order valence-electron chi connectivity index (χ3n) is 2.95. The summed E-state index contributed by atoms with van der Waals surface area (Å²) in [5.41, 5.74) is 0.658. The van der Waals surface area contributed by atoms with E-state index in [4.69, 9.17) is 9.47 Å². The molecule has 1 amide bonds. The van der Waals surface area contributed by atoms with Gasteiger partial charge < -0.3 is 14.4 Å². The Morgan fingerprint density at radius 1 is 1.11 bits per heavy atom. The second kappa shape index (κ2) is 5.08. The van der Waals surface area contributed by atoms with Crippen LogP contribution in [-0.2, 0) is 9.59 Å². The summed E-state index contributed by atoms with van der Waals surface area (Å²) in [6.07, 6.45) is 1.03. The van der Waals surface area contributed by atoms with Gasteiger partial charge in [-0.15, -0.1) is 0 Å². The molecule has 1 saturated heterocycles. The molecule has 2 rings (SSSR count). The molecular weight excluding hydrogens is 234 g/mol. The highest BCUT2D eigenvalue weighted by atomic mass is 16.5. The lowest BCUT2D eigenvalue weighted by Crippen LogP contribution is -2.41. The summed E-state index contributed by atoms with van der Waals surface area (Å²) in [4.78, 5) is 24.7. The Hall–Kier alpha value is -2.04. The van der Waals surface area contributed by atoms with Gasteiger partial charge in [-0.05, 0) is 18.6 Å². The highest BCUT2D eigenvalue weighted by molar-refractivity contribution is 6.41. The molecule has 0 saturated carbocycles. The molecule has 0 aliphatic carbocycles. The van der Waals surface area contributed by atoms with Crippen molar-refractivity contribution in [2.24, 2.45) is 0 Å². The monoisotopic (exact) mass is 249 g/mol. The molecule has 5 nitrogen and oxygen atoms in total. The lowest BCUT2D eigenvalue weighted by atomic mass is 10.1. The van der Waals surface area contributed by atoms with Gasteiger partial charge >= 0.3 is 0 Å². The van der Waals surface area contributed by atoms with Crippen LogP contribution in [0.2, 0.25) is 0 Å². The summed E-state index contributed by atoms with van der Waals surface area (Å²) < 4.78 is 10.3. The number of rotatable bonds is 3. The van der Waals surface area contributed by atoms with Crippen molar-refractivity contribution in [3.05, 3.63) is 18.2 Å². The fraction of sp³-hybridized carbons (Fsp3) is 0.385. The zero-order chi connectivity index (χ0) is 13.1. The highest BCUT2D eigenvalue weighted by Gasteiger charge is 2.27. The van der Waals surface area contributed by atoms with Gasteiger partial charge in [0.1, 0.15) is 0 Å². The lowest BCUT2D eigenvalue weighted by molar-refractivity contribution is -0.137. The summed E-state index contributed by atoms with van der Waals surface area (Å²) in [6.45, 7) is 0.556. The third kappa shape index (κ3) is 2.16. The predicted octanol–water partition coefficient (Wildman–Crippen LogP) is 1.40. The second-order valence-electron chi connectivity index (χ2n) is 4.02. The average Bonchev–Trinajstić information content (AvgIpc) is 2.41. The van der Waals surface area contributed by atoms with E-state index in [1.165, 1.54) is 12.0 Å². The van der Waals surface area contributed by atoms with E-state index < -0.39 is 5.91 Å². The van der Waals surface area contributed by atoms with Crippen molar-refractivity contribution in [3.63, 3.8) is 0 Å². The van der Waals surface area contributed by atoms with Crippen LogP contribution >= 0.6 is 0 Å². The molecule has 1 aromatic carbocycles. The fourth-order valence-electron chi connectivity index (χ4n) is 2.00. The average molecular weight is 249 g/mol. The number of carbonyl (C=O) groups excluding carboxylic acids is 2. The molecule has 18 heavy (non-hydrogen) atoms. The van der Waals surface area contributed by atoms with Crippen molar-refractivity contribution in [2.45, 2.75) is 12.8 Å². The zero-order valence-electron chi connectivity index (χ0n) is 10.4. The molecule has 0 N–H and O–H groups in total. The SMILES string of the molecule is COc1ccc(N2CCCC(=O)C2=O)cc1OC. The van der Waals surface area contributed by atoms with E-state index in [9.17, 15) is 9.59 Å². The molecule has 5 heteroatoms. The third-order valence-corrected chi connectivity index (χ3v) is 2.95. The molecule has 0 unspecified atom stereocenters. The number of hydrogen-bond acceptors (Lipinski definition) is 4. The van der Waals surface area contributed by atoms with Crippen LogP contribution in [0.25, 0.3) is 0 Å². The lowest BCUT2D eigenvalue weighted by Gasteiger charge is -2.26. The number of benzene rings is 1. The molecule has 0 atom stereocenters. The number of amides is 1. The van der Waals surface area contributed by atoms with Gasteiger partial charge in [-0.2, -0.15) is 0 Å². The van der Waals surface area contributed by atoms with Crippen LogP contribution in [0.5, 0.6) is 11.5 Å². The van der Waals surface area contributed by atoms with Crippen molar-refractivity contribution >= 4 is 17.4 Å². The van der Waals surface area contributed by atoms with Gasteiger partial charge in [0.25, 0.3) is 5.91 Å². The van der Waals surface area contributed by atoms with Crippen LogP contribution in [0.15, 0.2) is 18.2 Å². The van der Waals surface area contributed by atoms with Crippen LogP contribution in [0, 0.1) is 0 Å². The minimum atomic E-state index is -0.450. The van der Waals surface area contributed by atoms with E-state index in [0.717, 1.165) is 0 Å². The Morgan fingerprint density at radius 2 is 1.83 bits per heavy atom. The Balaban J connectivity index is 2.33. The van der Waals surface area contributed by atoms with E-state index in [-0.39, 0.29) is 5.78 Å². The van der Waals surface area contributed by atoms with Crippen LogP contribution in [-0.4, -0.2) is 32.5 Å². The maximum absolute atomic E-state index is 11.8. The zero-order valence-corrected chi connectivity index (χ0v) is 10.4. The summed E-state index contributed by atoms with van der Waals surface area (Å²) in [7, 11) is 3.08. The first-order valence-electron chi connectivity index (χ1n) is 5.74.